The molecule has 0 amide bonds. The molecule has 0 radical (unpaired) electrons. The predicted molar refractivity (Wildman–Crippen MR) is 73.1 cm³/mol. The van der Waals surface area contributed by atoms with E-state index in [1.54, 1.807) is 13.0 Å². The molecule has 0 spiro atoms. The lowest BCUT2D eigenvalue weighted by Gasteiger charge is -2.09. The van der Waals surface area contributed by atoms with Crippen LogP contribution in [0.4, 0.5) is 0 Å². The standard InChI is InChI=1S/C16H16O3/c1-11-8-12(2)15(17)14(9-11)16(18)19-10-13-6-4-3-5-7-13/h3-9,17H,10H2,1-2H3. The molecule has 0 saturated carbocycles. The van der Waals surface area contributed by atoms with E-state index in [1.165, 1.54) is 0 Å². The predicted octanol–water partition coefficient (Wildman–Crippen LogP) is 3.37. The number of phenolic OH excluding ortho intramolecular Hbond substituents is 1. The number of hydrogen-bond donors (Lipinski definition) is 1. The zero-order chi connectivity index (χ0) is 13.8. The monoisotopic (exact) mass is 256 g/mol. The fourth-order valence-corrected chi connectivity index (χ4v) is 1.92. The number of carbonyl (C=O) groups is 1. The maximum Gasteiger partial charge on any atom is 0.342 e. The summed E-state index contributed by atoms with van der Waals surface area (Å²) in [6.45, 7) is 3.84. The van der Waals surface area contributed by atoms with Crippen molar-refractivity contribution in [2.45, 2.75) is 20.5 Å². The summed E-state index contributed by atoms with van der Waals surface area (Å²) in [5.41, 5.74) is 2.72. The molecule has 19 heavy (non-hydrogen) atoms. The lowest BCUT2D eigenvalue weighted by atomic mass is 10.1. The Labute approximate surface area is 112 Å². The highest BCUT2D eigenvalue weighted by molar-refractivity contribution is 5.93. The Morgan fingerprint density at radius 3 is 2.53 bits per heavy atom. The van der Waals surface area contributed by atoms with Crippen molar-refractivity contribution in [2.75, 3.05) is 0 Å². The summed E-state index contributed by atoms with van der Waals surface area (Å²) >= 11 is 0. The average molecular weight is 256 g/mol. The molecule has 3 heteroatoms. The Morgan fingerprint density at radius 1 is 1.16 bits per heavy atom. The van der Waals surface area contributed by atoms with Crippen LogP contribution in [-0.4, -0.2) is 11.1 Å². The number of rotatable bonds is 3. The number of hydrogen-bond acceptors (Lipinski definition) is 3. The third kappa shape index (κ3) is 3.13. The summed E-state index contributed by atoms with van der Waals surface area (Å²) in [4.78, 5) is 12.0. The van der Waals surface area contributed by atoms with E-state index >= 15 is 0 Å². The lowest BCUT2D eigenvalue weighted by molar-refractivity contribution is 0.0469. The van der Waals surface area contributed by atoms with Crippen LogP contribution in [0.2, 0.25) is 0 Å². The first kappa shape index (κ1) is 13.1. The van der Waals surface area contributed by atoms with Crippen LogP contribution >= 0.6 is 0 Å². The Bertz CT molecular complexity index is 588. The molecule has 98 valence electrons. The summed E-state index contributed by atoms with van der Waals surface area (Å²) in [6, 6.07) is 12.9. The summed E-state index contributed by atoms with van der Waals surface area (Å²) < 4.78 is 5.21. The number of aryl methyl sites for hydroxylation is 2. The molecule has 0 aliphatic rings. The topological polar surface area (TPSA) is 46.5 Å². The van der Waals surface area contributed by atoms with Crippen LogP contribution in [0.15, 0.2) is 42.5 Å². The van der Waals surface area contributed by atoms with E-state index in [4.69, 9.17) is 4.74 Å². The second-order valence-electron chi connectivity index (χ2n) is 4.54. The molecule has 0 aromatic heterocycles. The van der Waals surface area contributed by atoms with Crippen LogP contribution < -0.4 is 0 Å². The molecular formula is C16H16O3. The first-order chi connectivity index (χ1) is 9.08. The lowest BCUT2D eigenvalue weighted by Crippen LogP contribution is -2.06. The normalized spacial score (nSPS) is 10.2. The molecule has 0 saturated heterocycles. The van der Waals surface area contributed by atoms with Gasteiger partial charge < -0.3 is 9.84 Å². The van der Waals surface area contributed by atoms with Crippen LogP contribution in [0.3, 0.4) is 0 Å². The van der Waals surface area contributed by atoms with E-state index in [-0.39, 0.29) is 17.9 Å². The van der Waals surface area contributed by atoms with Crippen molar-refractivity contribution in [1.82, 2.24) is 0 Å². The smallest absolute Gasteiger partial charge is 0.342 e. The number of benzene rings is 2. The van der Waals surface area contributed by atoms with Crippen molar-refractivity contribution in [3.63, 3.8) is 0 Å². The summed E-state index contributed by atoms with van der Waals surface area (Å²) in [7, 11) is 0. The van der Waals surface area contributed by atoms with Crippen LogP contribution in [0.25, 0.3) is 0 Å². The quantitative estimate of drug-likeness (QED) is 0.856. The van der Waals surface area contributed by atoms with Crippen molar-refractivity contribution in [2.24, 2.45) is 0 Å². The van der Waals surface area contributed by atoms with Crippen LogP contribution in [-0.2, 0) is 11.3 Å². The molecule has 0 heterocycles. The first-order valence-electron chi connectivity index (χ1n) is 6.09. The van der Waals surface area contributed by atoms with Crippen LogP contribution in [0.1, 0.15) is 27.0 Å². The van der Waals surface area contributed by atoms with Gasteiger partial charge in [0.15, 0.2) is 0 Å². The highest BCUT2D eigenvalue weighted by atomic mass is 16.5. The van der Waals surface area contributed by atoms with Gasteiger partial charge in [-0.2, -0.15) is 0 Å². The van der Waals surface area contributed by atoms with E-state index in [9.17, 15) is 9.90 Å². The minimum atomic E-state index is -0.506. The number of aromatic hydroxyl groups is 1. The average Bonchev–Trinajstić information content (AvgIpc) is 2.41. The van der Waals surface area contributed by atoms with E-state index in [1.807, 2.05) is 43.3 Å². The number of ether oxygens (including phenoxy) is 1. The molecular weight excluding hydrogens is 240 g/mol. The van der Waals surface area contributed by atoms with E-state index in [0.717, 1.165) is 11.1 Å². The second kappa shape index (κ2) is 5.57. The fourth-order valence-electron chi connectivity index (χ4n) is 1.92. The van der Waals surface area contributed by atoms with Gasteiger partial charge in [-0.1, -0.05) is 36.4 Å². The zero-order valence-corrected chi connectivity index (χ0v) is 11.0. The molecule has 0 aliphatic heterocycles. The molecule has 2 rings (SSSR count). The van der Waals surface area contributed by atoms with E-state index < -0.39 is 5.97 Å². The molecule has 1 N–H and O–H groups in total. The van der Waals surface area contributed by atoms with E-state index in [0.29, 0.717) is 5.56 Å². The second-order valence-corrected chi connectivity index (χ2v) is 4.54. The molecule has 0 fully saturated rings. The SMILES string of the molecule is Cc1cc(C)c(O)c(C(=O)OCc2ccccc2)c1. The number of esters is 1. The van der Waals surface area contributed by atoms with Crippen LogP contribution in [0.5, 0.6) is 5.75 Å². The summed E-state index contributed by atoms with van der Waals surface area (Å²) in [5, 5.41) is 9.89. The Balaban J connectivity index is 2.13. The van der Waals surface area contributed by atoms with Crippen molar-refractivity contribution in [1.29, 1.82) is 0 Å². The third-order valence-electron chi connectivity index (χ3n) is 2.88. The van der Waals surface area contributed by atoms with Gasteiger partial charge in [-0.05, 0) is 36.6 Å². The van der Waals surface area contributed by atoms with Gasteiger partial charge >= 0.3 is 5.97 Å². The van der Waals surface area contributed by atoms with Crippen molar-refractivity contribution in [3.8, 4) is 5.75 Å². The van der Waals surface area contributed by atoms with Crippen molar-refractivity contribution in [3.05, 3.63) is 64.7 Å². The van der Waals surface area contributed by atoms with Gasteiger partial charge in [0.25, 0.3) is 0 Å². The van der Waals surface area contributed by atoms with Gasteiger partial charge in [-0.3, -0.25) is 0 Å². The Kier molecular flexibility index (Phi) is 3.85. The molecule has 0 unspecified atom stereocenters. The minimum absolute atomic E-state index is 0.0105. The minimum Gasteiger partial charge on any atom is -0.507 e. The van der Waals surface area contributed by atoms with Gasteiger partial charge in [0.1, 0.15) is 17.9 Å². The molecule has 0 bridgehead atoms. The Morgan fingerprint density at radius 2 is 1.84 bits per heavy atom. The maximum atomic E-state index is 12.0. The number of phenols is 1. The zero-order valence-electron chi connectivity index (χ0n) is 11.0. The highest BCUT2D eigenvalue weighted by Gasteiger charge is 2.15. The van der Waals surface area contributed by atoms with Gasteiger partial charge in [0.2, 0.25) is 0 Å². The highest BCUT2D eigenvalue weighted by Crippen LogP contribution is 2.24. The molecule has 0 atom stereocenters. The van der Waals surface area contributed by atoms with Gasteiger partial charge in [0, 0.05) is 0 Å². The molecule has 0 aliphatic carbocycles. The maximum absolute atomic E-state index is 12.0. The van der Waals surface area contributed by atoms with Crippen molar-refractivity contribution < 1.29 is 14.6 Å². The third-order valence-corrected chi connectivity index (χ3v) is 2.88. The molecule has 3 nitrogen and oxygen atoms in total. The van der Waals surface area contributed by atoms with Gasteiger partial charge in [-0.15, -0.1) is 0 Å². The van der Waals surface area contributed by atoms with Gasteiger partial charge in [-0.25, -0.2) is 4.79 Å². The van der Waals surface area contributed by atoms with Crippen LogP contribution in [0, 0.1) is 13.8 Å². The van der Waals surface area contributed by atoms with Gasteiger partial charge in [0.05, 0.1) is 0 Å². The summed E-state index contributed by atoms with van der Waals surface area (Å²) in [5.74, 6) is -0.517. The fraction of sp³-hybridized carbons (Fsp3) is 0.188. The first-order valence-corrected chi connectivity index (χ1v) is 6.09. The number of carbonyl (C=O) groups excluding carboxylic acids is 1. The Hall–Kier alpha value is -2.29. The van der Waals surface area contributed by atoms with Crippen molar-refractivity contribution >= 4 is 5.97 Å². The molecule has 2 aromatic rings. The summed E-state index contributed by atoms with van der Waals surface area (Å²) in [6.07, 6.45) is 0. The molecule has 2 aromatic carbocycles. The largest absolute Gasteiger partial charge is 0.507 e. The van der Waals surface area contributed by atoms with E-state index in [2.05, 4.69) is 0 Å².